The Bertz CT molecular complexity index is 1490. The van der Waals surface area contributed by atoms with Gasteiger partial charge in [0.2, 0.25) is 0 Å². The molecule has 0 aliphatic carbocycles. The number of methoxy groups -OCH3 is 1. The third-order valence-electron chi connectivity index (χ3n) is 5.90. The van der Waals surface area contributed by atoms with E-state index in [9.17, 15) is 9.90 Å². The maximum atomic E-state index is 12.0. The van der Waals surface area contributed by atoms with Gasteiger partial charge >= 0.3 is 5.97 Å². The number of hydrogen-bond donors (Lipinski definition) is 3. The molecule has 2 aromatic heterocycles. The minimum absolute atomic E-state index is 0.0132. The first-order chi connectivity index (χ1) is 17.1. The number of ether oxygens (including phenoxy) is 1. The number of imidazole rings is 1. The van der Waals surface area contributed by atoms with Crippen LogP contribution in [0.3, 0.4) is 0 Å². The number of hydrogen-bond acceptors (Lipinski definition) is 5. The van der Waals surface area contributed by atoms with Crippen molar-refractivity contribution in [2.75, 3.05) is 7.11 Å². The van der Waals surface area contributed by atoms with E-state index < -0.39 is 5.97 Å². The number of nitrogens with zero attached hydrogens (tertiary/aromatic N) is 2. The van der Waals surface area contributed by atoms with Crippen LogP contribution in [0.2, 0.25) is 0 Å². The molecule has 2 heterocycles. The van der Waals surface area contributed by atoms with E-state index in [1.165, 1.54) is 12.7 Å². The summed E-state index contributed by atoms with van der Waals surface area (Å²) in [6, 6.07) is 23.0. The first-order valence-electron chi connectivity index (χ1n) is 11.3. The summed E-state index contributed by atoms with van der Waals surface area (Å²) in [5.74, 6) is -0.451. The van der Waals surface area contributed by atoms with Crippen molar-refractivity contribution in [1.29, 1.82) is 0 Å². The molecule has 0 aliphatic rings. The van der Waals surface area contributed by atoms with Crippen LogP contribution in [0, 0.1) is 0 Å². The predicted molar refractivity (Wildman–Crippen MR) is 135 cm³/mol. The number of carbonyl (C=O) groups is 1. The molecule has 3 aromatic carbocycles. The van der Waals surface area contributed by atoms with Crippen LogP contribution in [-0.2, 0) is 17.6 Å². The van der Waals surface area contributed by atoms with E-state index in [1.807, 2.05) is 48.7 Å². The number of H-pyrrole nitrogens is 2. The Morgan fingerprint density at radius 2 is 1.80 bits per heavy atom. The molecule has 0 amide bonds. The molecule has 0 aliphatic heterocycles. The average molecular weight is 465 g/mol. The zero-order chi connectivity index (χ0) is 24.2. The van der Waals surface area contributed by atoms with Gasteiger partial charge < -0.3 is 19.8 Å². The molecule has 0 saturated heterocycles. The van der Waals surface area contributed by atoms with Crippen LogP contribution in [0.1, 0.15) is 32.7 Å². The van der Waals surface area contributed by atoms with Gasteiger partial charge in [0.25, 0.3) is 0 Å². The fourth-order valence-electron chi connectivity index (χ4n) is 4.10. The molecule has 0 bridgehead atoms. The van der Waals surface area contributed by atoms with Crippen LogP contribution < -0.4 is 0 Å². The molecule has 0 atom stereocenters. The summed E-state index contributed by atoms with van der Waals surface area (Å²) >= 11 is 0. The van der Waals surface area contributed by atoms with Gasteiger partial charge in [-0.2, -0.15) is 0 Å². The smallest absolute Gasteiger partial charge is 0.337 e. The Morgan fingerprint density at radius 1 is 1.00 bits per heavy atom. The normalized spacial score (nSPS) is 11.6. The highest BCUT2D eigenvalue weighted by atomic mass is 16.5. The van der Waals surface area contributed by atoms with E-state index in [-0.39, 0.29) is 5.88 Å². The number of benzene rings is 3. The van der Waals surface area contributed by atoms with E-state index >= 15 is 0 Å². The van der Waals surface area contributed by atoms with Crippen molar-refractivity contribution in [3.63, 3.8) is 0 Å². The number of aromatic hydroxyl groups is 1. The largest absolute Gasteiger partial charge is 0.494 e. The fraction of sp³-hybridized carbons (Fsp3) is 0.107. The lowest BCUT2D eigenvalue weighted by molar-refractivity contribution is 0.0601. The van der Waals surface area contributed by atoms with Gasteiger partial charge in [0.05, 0.1) is 36.0 Å². The maximum absolute atomic E-state index is 12.0. The number of carbonyl (C=O) groups excluding carboxylic acids is 1. The van der Waals surface area contributed by atoms with Crippen LogP contribution >= 0.6 is 0 Å². The summed E-state index contributed by atoms with van der Waals surface area (Å²) in [6.07, 6.45) is 5.30. The molecule has 35 heavy (non-hydrogen) atoms. The van der Waals surface area contributed by atoms with Crippen molar-refractivity contribution in [3.8, 4) is 5.88 Å². The molecule has 0 spiro atoms. The molecule has 7 heteroatoms. The van der Waals surface area contributed by atoms with E-state index in [1.54, 1.807) is 24.5 Å². The Balaban J connectivity index is 1.53. The molecule has 0 radical (unpaired) electrons. The highest BCUT2D eigenvalue weighted by Gasteiger charge is 2.20. The number of aliphatic imine (C=N–C) groups is 1. The van der Waals surface area contributed by atoms with Crippen molar-refractivity contribution < 1.29 is 14.6 Å². The van der Waals surface area contributed by atoms with Crippen LogP contribution in [0.25, 0.3) is 10.9 Å². The third kappa shape index (κ3) is 4.70. The van der Waals surface area contributed by atoms with Crippen LogP contribution in [0.4, 0.5) is 5.69 Å². The second-order valence-electron chi connectivity index (χ2n) is 8.17. The van der Waals surface area contributed by atoms with E-state index in [0.717, 1.165) is 35.2 Å². The zero-order valence-electron chi connectivity index (χ0n) is 19.2. The lowest BCUT2D eigenvalue weighted by Gasteiger charge is -2.08. The average Bonchev–Trinajstić information content (AvgIpc) is 3.53. The monoisotopic (exact) mass is 464 g/mol. The number of fused-ring (bicyclic) bond motifs is 1. The third-order valence-corrected chi connectivity index (χ3v) is 5.90. The Morgan fingerprint density at radius 3 is 2.51 bits per heavy atom. The molecule has 3 N–H and O–H groups in total. The van der Waals surface area contributed by atoms with Gasteiger partial charge in [0, 0.05) is 28.4 Å². The molecule has 5 rings (SSSR count). The SMILES string of the molecule is COC(=O)c1ccc2c(C(=Nc3ccc(CCc4cnc[nH]4)cc3)c3ccccc3)c(O)[nH]c2c1. The molecule has 0 saturated carbocycles. The summed E-state index contributed by atoms with van der Waals surface area (Å²) in [7, 11) is 1.34. The standard InChI is InChI=1S/C28H24N4O3/c1-35-28(34)20-10-14-23-24(15-20)32-27(33)25(23)26(19-5-3-2-4-6-19)31-21-11-7-18(8-12-21)9-13-22-16-29-17-30-22/h2-8,10-12,14-17,32-33H,9,13H2,1H3,(H,29,30). The van der Waals surface area contributed by atoms with Gasteiger partial charge in [-0.3, -0.25) is 0 Å². The summed E-state index contributed by atoms with van der Waals surface area (Å²) < 4.78 is 4.82. The van der Waals surface area contributed by atoms with Gasteiger partial charge in [-0.05, 0) is 42.7 Å². The molecular formula is C28H24N4O3. The molecule has 7 nitrogen and oxygen atoms in total. The number of aromatic amines is 2. The van der Waals surface area contributed by atoms with Crippen molar-refractivity contribution in [2.24, 2.45) is 4.99 Å². The van der Waals surface area contributed by atoms with Crippen molar-refractivity contribution in [1.82, 2.24) is 15.0 Å². The summed E-state index contributed by atoms with van der Waals surface area (Å²) in [5, 5.41) is 11.6. The summed E-state index contributed by atoms with van der Waals surface area (Å²) in [4.78, 5) is 27.1. The molecule has 0 unspecified atom stereocenters. The maximum Gasteiger partial charge on any atom is 0.337 e. The Labute approximate surface area is 202 Å². The Hall–Kier alpha value is -4.65. The fourth-order valence-corrected chi connectivity index (χ4v) is 4.10. The molecule has 174 valence electrons. The van der Waals surface area contributed by atoms with Gasteiger partial charge in [-0.25, -0.2) is 14.8 Å². The highest BCUT2D eigenvalue weighted by molar-refractivity contribution is 6.22. The van der Waals surface area contributed by atoms with E-state index in [2.05, 4.69) is 27.1 Å². The lowest BCUT2D eigenvalue weighted by Crippen LogP contribution is -2.03. The van der Waals surface area contributed by atoms with Gasteiger partial charge in [0.1, 0.15) is 0 Å². The van der Waals surface area contributed by atoms with Crippen molar-refractivity contribution in [2.45, 2.75) is 12.8 Å². The number of esters is 1. The first kappa shape index (κ1) is 22.2. The van der Waals surface area contributed by atoms with Crippen molar-refractivity contribution >= 4 is 28.3 Å². The van der Waals surface area contributed by atoms with Gasteiger partial charge in [-0.15, -0.1) is 0 Å². The molecule has 5 aromatic rings. The van der Waals surface area contributed by atoms with Gasteiger partial charge in [-0.1, -0.05) is 48.5 Å². The lowest BCUT2D eigenvalue weighted by atomic mass is 10.00. The minimum Gasteiger partial charge on any atom is -0.494 e. The van der Waals surface area contributed by atoms with Crippen LogP contribution in [-0.4, -0.2) is 38.8 Å². The van der Waals surface area contributed by atoms with E-state index in [4.69, 9.17) is 9.73 Å². The second kappa shape index (κ2) is 9.69. The topological polar surface area (TPSA) is 103 Å². The summed E-state index contributed by atoms with van der Waals surface area (Å²) in [6.45, 7) is 0. The number of aromatic nitrogens is 3. The molecular weight excluding hydrogens is 440 g/mol. The van der Waals surface area contributed by atoms with E-state index in [0.29, 0.717) is 22.4 Å². The summed E-state index contributed by atoms with van der Waals surface area (Å²) in [5.41, 5.74) is 6.16. The minimum atomic E-state index is -0.438. The zero-order valence-corrected chi connectivity index (χ0v) is 19.2. The van der Waals surface area contributed by atoms with Gasteiger partial charge in [0.15, 0.2) is 5.88 Å². The number of rotatable bonds is 7. The van der Waals surface area contributed by atoms with Crippen LogP contribution in [0.15, 0.2) is 90.3 Å². The highest BCUT2D eigenvalue weighted by Crippen LogP contribution is 2.32. The van der Waals surface area contributed by atoms with Crippen LogP contribution in [0.5, 0.6) is 5.88 Å². The Kier molecular flexibility index (Phi) is 6.13. The predicted octanol–water partition coefficient (Wildman–Crippen LogP) is 5.34. The van der Waals surface area contributed by atoms with Crippen molar-refractivity contribution in [3.05, 3.63) is 113 Å². The second-order valence-corrected chi connectivity index (χ2v) is 8.17. The number of nitrogens with one attached hydrogen (secondary N) is 2. The number of aryl methyl sites for hydroxylation is 2. The molecule has 0 fully saturated rings. The quantitative estimate of drug-likeness (QED) is 0.223. The first-order valence-corrected chi connectivity index (χ1v) is 11.3.